The van der Waals surface area contributed by atoms with Crippen molar-refractivity contribution in [2.24, 2.45) is 0 Å². The molecular formula is C18H30N2O. The van der Waals surface area contributed by atoms with Crippen molar-refractivity contribution >= 4 is 5.91 Å². The summed E-state index contributed by atoms with van der Waals surface area (Å²) < 4.78 is 0. The van der Waals surface area contributed by atoms with E-state index < -0.39 is 0 Å². The van der Waals surface area contributed by atoms with Gasteiger partial charge in [-0.25, -0.2) is 0 Å². The molecule has 0 spiro atoms. The SMILES string of the molecule is O=C(NC1CCCN(C2CCCCCC2)C1)C1=CCCC1. The minimum Gasteiger partial charge on any atom is -0.348 e. The standard InChI is InChI=1S/C18H30N2O/c21-18(15-8-5-6-9-15)19-16-10-7-13-20(14-16)17-11-3-1-2-4-12-17/h8,16-17H,1-7,9-14H2,(H,19,21). The molecule has 1 atom stereocenters. The van der Waals surface area contributed by atoms with Crippen molar-refractivity contribution < 1.29 is 4.79 Å². The van der Waals surface area contributed by atoms with Crippen LogP contribution in [0.1, 0.15) is 70.6 Å². The molecule has 3 nitrogen and oxygen atoms in total. The van der Waals surface area contributed by atoms with Gasteiger partial charge in [0, 0.05) is 24.2 Å². The number of rotatable bonds is 3. The van der Waals surface area contributed by atoms with E-state index in [4.69, 9.17) is 0 Å². The van der Waals surface area contributed by atoms with Crippen molar-refractivity contribution in [3.8, 4) is 0 Å². The summed E-state index contributed by atoms with van der Waals surface area (Å²) in [7, 11) is 0. The molecule has 3 aliphatic rings. The van der Waals surface area contributed by atoms with Crippen molar-refractivity contribution in [2.45, 2.75) is 82.7 Å². The van der Waals surface area contributed by atoms with E-state index in [-0.39, 0.29) is 5.91 Å². The molecule has 3 rings (SSSR count). The molecule has 0 radical (unpaired) electrons. The lowest BCUT2D eigenvalue weighted by atomic mass is 9.99. The number of carbonyl (C=O) groups is 1. The Kier molecular flexibility index (Phi) is 5.34. The number of hydrogen-bond donors (Lipinski definition) is 1. The van der Waals surface area contributed by atoms with Gasteiger partial charge in [-0.1, -0.05) is 31.8 Å². The van der Waals surface area contributed by atoms with Crippen LogP contribution in [0, 0.1) is 0 Å². The lowest BCUT2D eigenvalue weighted by Crippen LogP contribution is -2.51. The minimum absolute atomic E-state index is 0.209. The van der Waals surface area contributed by atoms with Crippen LogP contribution in [0.2, 0.25) is 0 Å². The third-order valence-corrected chi connectivity index (χ3v) is 5.46. The molecule has 0 aromatic carbocycles. The molecule has 0 aromatic heterocycles. The highest BCUT2D eigenvalue weighted by molar-refractivity contribution is 5.93. The van der Waals surface area contributed by atoms with E-state index in [0.29, 0.717) is 6.04 Å². The normalized spacial score (nSPS) is 29.0. The van der Waals surface area contributed by atoms with E-state index in [1.54, 1.807) is 0 Å². The Labute approximate surface area is 129 Å². The molecule has 3 heteroatoms. The van der Waals surface area contributed by atoms with Crippen LogP contribution in [0.25, 0.3) is 0 Å². The Morgan fingerprint density at radius 1 is 1.05 bits per heavy atom. The Morgan fingerprint density at radius 3 is 2.57 bits per heavy atom. The molecule has 21 heavy (non-hydrogen) atoms. The summed E-state index contributed by atoms with van der Waals surface area (Å²) in [6, 6.07) is 1.15. The van der Waals surface area contributed by atoms with Crippen LogP contribution in [-0.4, -0.2) is 36.0 Å². The fourth-order valence-electron chi connectivity index (χ4n) is 4.23. The van der Waals surface area contributed by atoms with Crippen molar-refractivity contribution in [2.75, 3.05) is 13.1 Å². The number of amides is 1. The summed E-state index contributed by atoms with van der Waals surface area (Å²) in [5.41, 5.74) is 1.03. The molecule has 1 saturated heterocycles. The average Bonchev–Trinajstić information content (AvgIpc) is 2.90. The van der Waals surface area contributed by atoms with Gasteiger partial charge in [0.2, 0.25) is 5.91 Å². The number of allylic oxidation sites excluding steroid dienone is 1. The Hall–Kier alpha value is -0.830. The molecule has 1 amide bonds. The molecule has 1 unspecified atom stereocenters. The molecular weight excluding hydrogens is 260 g/mol. The van der Waals surface area contributed by atoms with Gasteiger partial charge in [0.05, 0.1) is 0 Å². The topological polar surface area (TPSA) is 32.3 Å². The highest BCUT2D eigenvalue weighted by atomic mass is 16.1. The number of piperidine rings is 1. The zero-order valence-corrected chi connectivity index (χ0v) is 13.3. The van der Waals surface area contributed by atoms with E-state index in [1.165, 1.54) is 51.5 Å². The largest absolute Gasteiger partial charge is 0.348 e. The third kappa shape index (κ3) is 4.09. The monoisotopic (exact) mass is 290 g/mol. The number of carbonyl (C=O) groups excluding carboxylic acids is 1. The van der Waals surface area contributed by atoms with Crippen molar-refractivity contribution in [1.29, 1.82) is 0 Å². The second kappa shape index (κ2) is 7.44. The number of nitrogens with one attached hydrogen (secondary N) is 1. The second-order valence-corrected chi connectivity index (χ2v) is 7.07. The fraction of sp³-hybridized carbons (Fsp3) is 0.833. The van der Waals surface area contributed by atoms with Gasteiger partial charge in [0.1, 0.15) is 0 Å². The predicted molar refractivity (Wildman–Crippen MR) is 86.2 cm³/mol. The van der Waals surface area contributed by atoms with Gasteiger partial charge in [-0.3, -0.25) is 9.69 Å². The van der Waals surface area contributed by atoms with Gasteiger partial charge in [0.25, 0.3) is 0 Å². The van der Waals surface area contributed by atoms with Crippen LogP contribution in [0.4, 0.5) is 0 Å². The van der Waals surface area contributed by atoms with Gasteiger partial charge in [-0.15, -0.1) is 0 Å². The third-order valence-electron chi connectivity index (χ3n) is 5.46. The van der Waals surface area contributed by atoms with Crippen LogP contribution in [0.3, 0.4) is 0 Å². The average molecular weight is 290 g/mol. The maximum absolute atomic E-state index is 12.3. The first kappa shape index (κ1) is 15.1. The summed E-state index contributed by atoms with van der Waals surface area (Å²) in [4.78, 5) is 14.9. The quantitative estimate of drug-likeness (QED) is 0.808. The van der Waals surface area contributed by atoms with E-state index >= 15 is 0 Å². The first-order chi connectivity index (χ1) is 10.3. The van der Waals surface area contributed by atoms with Gasteiger partial charge >= 0.3 is 0 Å². The second-order valence-electron chi connectivity index (χ2n) is 7.07. The molecule has 1 saturated carbocycles. The zero-order chi connectivity index (χ0) is 14.5. The summed E-state index contributed by atoms with van der Waals surface area (Å²) in [6.45, 7) is 2.31. The van der Waals surface area contributed by atoms with E-state index in [2.05, 4.69) is 16.3 Å². The molecule has 118 valence electrons. The van der Waals surface area contributed by atoms with Gasteiger partial charge in [0.15, 0.2) is 0 Å². The highest BCUT2D eigenvalue weighted by Crippen LogP contribution is 2.25. The van der Waals surface area contributed by atoms with Crippen molar-refractivity contribution in [3.05, 3.63) is 11.6 Å². The molecule has 2 fully saturated rings. The Bertz CT molecular complexity index is 383. The fourth-order valence-corrected chi connectivity index (χ4v) is 4.23. The Balaban J connectivity index is 1.51. The molecule has 1 aliphatic heterocycles. The predicted octanol–water partition coefficient (Wildman–Crippen LogP) is 3.40. The van der Waals surface area contributed by atoms with Crippen LogP contribution >= 0.6 is 0 Å². The molecule has 1 heterocycles. The summed E-state index contributed by atoms with van der Waals surface area (Å²) >= 11 is 0. The summed E-state index contributed by atoms with van der Waals surface area (Å²) in [5, 5.41) is 3.30. The van der Waals surface area contributed by atoms with E-state index in [0.717, 1.165) is 43.8 Å². The van der Waals surface area contributed by atoms with Gasteiger partial charge in [-0.2, -0.15) is 0 Å². The van der Waals surface area contributed by atoms with Crippen LogP contribution in [0.5, 0.6) is 0 Å². The maximum atomic E-state index is 12.3. The number of likely N-dealkylation sites (tertiary alicyclic amines) is 1. The Morgan fingerprint density at radius 2 is 1.86 bits per heavy atom. The van der Waals surface area contributed by atoms with E-state index in [9.17, 15) is 4.79 Å². The van der Waals surface area contributed by atoms with Crippen LogP contribution in [0.15, 0.2) is 11.6 Å². The number of hydrogen-bond acceptors (Lipinski definition) is 2. The lowest BCUT2D eigenvalue weighted by molar-refractivity contribution is -0.118. The van der Waals surface area contributed by atoms with Gasteiger partial charge in [-0.05, 0) is 51.5 Å². The molecule has 1 N–H and O–H groups in total. The molecule has 0 bridgehead atoms. The van der Waals surface area contributed by atoms with Gasteiger partial charge < -0.3 is 5.32 Å². The summed E-state index contributed by atoms with van der Waals surface area (Å²) in [6.07, 6.45) is 16.1. The first-order valence-corrected chi connectivity index (χ1v) is 9.07. The maximum Gasteiger partial charge on any atom is 0.247 e. The minimum atomic E-state index is 0.209. The zero-order valence-electron chi connectivity index (χ0n) is 13.3. The van der Waals surface area contributed by atoms with Crippen LogP contribution < -0.4 is 5.32 Å². The summed E-state index contributed by atoms with van der Waals surface area (Å²) in [5.74, 6) is 0.209. The van der Waals surface area contributed by atoms with Crippen molar-refractivity contribution in [3.63, 3.8) is 0 Å². The van der Waals surface area contributed by atoms with E-state index in [1.807, 2.05) is 0 Å². The first-order valence-electron chi connectivity index (χ1n) is 9.07. The smallest absolute Gasteiger partial charge is 0.247 e. The van der Waals surface area contributed by atoms with Crippen LogP contribution in [-0.2, 0) is 4.79 Å². The molecule has 2 aliphatic carbocycles. The number of nitrogens with zero attached hydrogens (tertiary/aromatic N) is 1. The highest BCUT2D eigenvalue weighted by Gasteiger charge is 2.27. The molecule has 0 aromatic rings. The van der Waals surface area contributed by atoms with Crippen molar-refractivity contribution in [1.82, 2.24) is 10.2 Å². The lowest BCUT2D eigenvalue weighted by Gasteiger charge is -2.38.